The van der Waals surface area contributed by atoms with Crippen molar-refractivity contribution in [1.82, 2.24) is 14.5 Å². The van der Waals surface area contributed by atoms with Crippen LogP contribution >= 0.6 is 11.3 Å². The highest BCUT2D eigenvalue weighted by atomic mass is 32.1. The molecule has 1 aliphatic rings. The van der Waals surface area contributed by atoms with E-state index in [0.29, 0.717) is 11.0 Å². The summed E-state index contributed by atoms with van der Waals surface area (Å²) in [6, 6.07) is 0. The quantitative estimate of drug-likeness (QED) is 0.898. The second-order valence-corrected chi connectivity index (χ2v) is 5.10. The Kier molecular flexibility index (Phi) is 2.44. The lowest BCUT2D eigenvalue weighted by Gasteiger charge is -2.01. The Balaban J connectivity index is 1.65. The number of nitrogens with one attached hydrogen (secondary N) is 1. The summed E-state index contributed by atoms with van der Waals surface area (Å²) >= 11 is 1.44. The van der Waals surface area contributed by atoms with Gasteiger partial charge in [-0.1, -0.05) is 0 Å². The summed E-state index contributed by atoms with van der Waals surface area (Å²) in [6.45, 7) is 0. The van der Waals surface area contributed by atoms with Crippen LogP contribution in [0.1, 0.15) is 18.0 Å². The normalized spacial score (nSPS) is 22.4. The first kappa shape index (κ1) is 10.5. The minimum absolute atomic E-state index is 0.0613. The summed E-state index contributed by atoms with van der Waals surface area (Å²) in [6.07, 6.45) is 6.19. The number of carbonyl (C=O) groups excluding carboxylic acids is 1. The Labute approximate surface area is 103 Å². The highest BCUT2D eigenvalue weighted by Crippen LogP contribution is 2.47. The van der Waals surface area contributed by atoms with Crippen LogP contribution in [-0.4, -0.2) is 20.4 Å². The van der Waals surface area contributed by atoms with E-state index in [1.54, 1.807) is 12.5 Å². The van der Waals surface area contributed by atoms with Gasteiger partial charge < -0.3 is 9.88 Å². The molecular weight excluding hydrogens is 236 g/mol. The van der Waals surface area contributed by atoms with Gasteiger partial charge in [-0.25, -0.2) is 9.97 Å². The first-order valence-electron chi connectivity index (χ1n) is 5.42. The van der Waals surface area contributed by atoms with E-state index in [9.17, 15) is 4.79 Å². The van der Waals surface area contributed by atoms with Crippen LogP contribution in [0.25, 0.3) is 0 Å². The minimum atomic E-state index is 0.0613. The monoisotopic (exact) mass is 248 g/mol. The Morgan fingerprint density at radius 3 is 3.18 bits per heavy atom. The maximum atomic E-state index is 11.9. The summed E-state index contributed by atoms with van der Waals surface area (Å²) < 4.78 is 1.97. The van der Waals surface area contributed by atoms with Crippen molar-refractivity contribution in [3.8, 4) is 0 Å². The zero-order chi connectivity index (χ0) is 11.8. The number of imidazole rings is 1. The average Bonchev–Trinajstić information content (AvgIpc) is 2.71. The van der Waals surface area contributed by atoms with Crippen molar-refractivity contribution in [2.45, 2.75) is 12.3 Å². The maximum absolute atomic E-state index is 11.9. The number of amides is 1. The van der Waals surface area contributed by atoms with Crippen molar-refractivity contribution >= 4 is 22.4 Å². The van der Waals surface area contributed by atoms with E-state index < -0.39 is 0 Å². The standard InChI is InChI=1S/C11H12N4OS/c1-15-6-12-5-9(15)7-4-8(7)10(16)14-11-13-2-3-17-11/h2-3,5-8H,4H2,1H3,(H,13,14,16)/t7-,8-/m1/s1. The second kappa shape index (κ2) is 3.96. The van der Waals surface area contributed by atoms with Gasteiger partial charge in [0.15, 0.2) is 5.13 Å². The van der Waals surface area contributed by atoms with Gasteiger partial charge in [0.05, 0.1) is 6.33 Å². The lowest BCUT2D eigenvalue weighted by molar-refractivity contribution is -0.117. The number of nitrogens with zero attached hydrogens (tertiary/aromatic N) is 3. The fourth-order valence-electron chi connectivity index (χ4n) is 2.02. The van der Waals surface area contributed by atoms with E-state index in [0.717, 1.165) is 12.1 Å². The van der Waals surface area contributed by atoms with Crippen LogP contribution in [0.2, 0.25) is 0 Å². The van der Waals surface area contributed by atoms with Crippen molar-refractivity contribution in [2.75, 3.05) is 5.32 Å². The van der Waals surface area contributed by atoms with Crippen LogP contribution < -0.4 is 5.32 Å². The molecule has 1 fully saturated rings. The van der Waals surface area contributed by atoms with Gasteiger partial charge in [-0.2, -0.15) is 0 Å². The third kappa shape index (κ3) is 1.95. The van der Waals surface area contributed by atoms with Crippen LogP contribution in [0.5, 0.6) is 0 Å². The van der Waals surface area contributed by atoms with Gasteiger partial charge in [0, 0.05) is 42.4 Å². The van der Waals surface area contributed by atoms with Crippen molar-refractivity contribution in [3.05, 3.63) is 29.8 Å². The first-order chi connectivity index (χ1) is 8.25. The van der Waals surface area contributed by atoms with E-state index in [2.05, 4.69) is 15.3 Å². The zero-order valence-electron chi connectivity index (χ0n) is 9.33. The number of hydrogen-bond acceptors (Lipinski definition) is 4. The van der Waals surface area contributed by atoms with Gasteiger partial charge in [0.1, 0.15) is 0 Å². The van der Waals surface area contributed by atoms with Crippen LogP contribution in [0.4, 0.5) is 5.13 Å². The fraction of sp³-hybridized carbons (Fsp3) is 0.364. The Morgan fingerprint density at radius 2 is 2.53 bits per heavy atom. The largest absolute Gasteiger partial charge is 0.337 e. The molecule has 17 heavy (non-hydrogen) atoms. The molecule has 0 aliphatic heterocycles. The molecule has 1 amide bonds. The second-order valence-electron chi connectivity index (χ2n) is 4.20. The molecule has 1 saturated carbocycles. The topological polar surface area (TPSA) is 59.8 Å². The molecule has 1 aliphatic carbocycles. The van der Waals surface area contributed by atoms with E-state index in [1.807, 2.05) is 23.2 Å². The number of aromatic nitrogens is 3. The molecule has 0 unspecified atom stereocenters. The predicted octanol–water partition coefficient (Wildman–Crippen LogP) is 1.62. The number of rotatable bonds is 3. The minimum Gasteiger partial charge on any atom is -0.337 e. The van der Waals surface area contributed by atoms with Crippen LogP contribution in [0.3, 0.4) is 0 Å². The Hall–Kier alpha value is -1.69. The summed E-state index contributed by atoms with van der Waals surface area (Å²) in [5.74, 6) is 0.433. The number of aryl methyl sites for hydroxylation is 1. The molecule has 2 aromatic heterocycles. The van der Waals surface area contributed by atoms with E-state index in [-0.39, 0.29) is 11.8 Å². The highest BCUT2D eigenvalue weighted by molar-refractivity contribution is 7.13. The molecule has 88 valence electrons. The lowest BCUT2D eigenvalue weighted by atomic mass is 10.2. The molecule has 0 radical (unpaired) electrons. The molecule has 3 rings (SSSR count). The molecule has 5 nitrogen and oxygen atoms in total. The molecule has 1 N–H and O–H groups in total. The van der Waals surface area contributed by atoms with Crippen LogP contribution in [0, 0.1) is 5.92 Å². The van der Waals surface area contributed by atoms with Crippen LogP contribution in [-0.2, 0) is 11.8 Å². The number of thiazole rings is 1. The van der Waals surface area contributed by atoms with Gasteiger partial charge in [-0.3, -0.25) is 4.79 Å². The Bertz CT molecular complexity index is 533. The number of hydrogen-bond donors (Lipinski definition) is 1. The average molecular weight is 248 g/mol. The smallest absolute Gasteiger partial charge is 0.229 e. The van der Waals surface area contributed by atoms with Gasteiger partial charge in [0.25, 0.3) is 0 Å². The summed E-state index contributed by atoms with van der Waals surface area (Å²) in [4.78, 5) is 20.0. The van der Waals surface area contributed by atoms with Gasteiger partial charge in [0.2, 0.25) is 5.91 Å². The van der Waals surface area contributed by atoms with Crippen LogP contribution in [0.15, 0.2) is 24.1 Å². The molecule has 6 heteroatoms. The van der Waals surface area contributed by atoms with Gasteiger partial charge >= 0.3 is 0 Å². The first-order valence-corrected chi connectivity index (χ1v) is 6.30. The molecule has 0 bridgehead atoms. The third-order valence-corrected chi connectivity index (χ3v) is 3.71. The Morgan fingerprint density at radius 1 is 1.65 bits per heavy atom. The van der Waals surface area contributed by atoms with Crippen molar-refractivity contribution in [2.24, 2.45) is 13.0 Å². The molecule has 2 heterocycles. The summed E-state index contributed by atoms with van der Waals surface area (Å²) in [5, 5.41) is 5.35. The third-order valence-electron chi connectivity index (χ3n) is 3.02. The number of carbonyl (C=O) groups is 1. The molecule has 2 aromatic rings. The summed E-state index contributed by atoms with van der Waals surface area (Å²) in [7, 11) is 1.95. The molecule has 0 saturated heterocycles. The molecular formula is C11H12N4OS. The molecule has 0 spiro atoms. The SMILES string of the molecule is Cn1cncc1[C@@H]1C[C@H]1C(=O)Nc1nccs1. The van der Waals surface area contributed by atoms with Crippen molar-refractivity contribution in [1.29, 1.82) is 0 Å². The van der Waals surface area contributed by atoms with E-state index in [1.165, 1.54) is 11.3 Å². The zero-order valence-corrected chi connectivity index (χ0v) is 10.1. The number of anilines is 1. The molecule has 0 aromatic carbocycles. The highest BCUT2D eigenvalue weighted by Gasteiger charge is 2.45. The van der Waals surface area contributed by atoms with E-state index >= 15 is 0 Å². The van der Waals surface area contributed by atoms with Crippen molar-refractivity contribution < 1.29 is 4.79 Å². The summed E-state index contributed by atoms with van der Waals surface area (Å²) in [5.41, 5.74) is 1.13. The van der Waals surface area contributed by atoms with Gasteiger partial charge in [-0.05, 0) is 6.42 Å². The predicted molar refractivity (Wildman–Crippen MR) is 64.8 cm³/mol. The van der Waals surface area contributed by atoms with Crippen molar-refractivity contribution in [3.63, 3.8) is 0 Å². The van der Waals surface area contributed by atoms with Gasteiger partial charge in [-0.15, -0.1) is 11.3 Å². The fourth-order valence-corrected chi connectivity index (χ4v) is 2.55. The van der Waals surface area contributed by atoms with E-state index in [4.69, 9.17) is 0 Å². The molecule has 2 atom stereocenters. The maximum Gasteiger partial charge on any atom is 0.229 e. The lowest BCUT2D eigenvalue weighted by Crippen LogP contribution is -2.14.